The van der Waals surface area contributed by atoms with Crippen molar-refractivity contribution in [3.05, 3.63) is 71.6 Å². The maximum absolute atomic E-state index is 14.0. The van der Waals surface area contributed by atoms with Gasteiger partial charge in [-0.3, -0.25) is 14.4 Å². The Kier molecular flexibility index (Phi) is 10.4. The summed E-state index contributed by atoms with van der Waals surface area (Å²) in [5.41, 5.74) is 0.747. The molecule has 3 amide bonds. The number of carbonyl (C=O) groups is 3. The van der Waals surface area contributed by atoms with Crippen molar-refractivity contribution >= 4 is 17.7 Å². The third-order valence-corrected chi connectivity index (χ3v) is 8.08. The molecule has 3 aromatic rings. The van der Waals surface area contributed by atoms with E-state index in [2.05, 4.69) is 20.7 Å². The average Bonchev–Trinajstić information content (AvgIpc) is 3.68. The quantitative estimate of drug-likeness (QED) is 0.349. The number of aromatic nitrogens is 4. The van der Waals surface area contributed by atoms with E-state index in [0.29, 0.717) is 31.5 Å². The van der Waals surface area contributed by atoms with Gasteiger partial charge in [-0.25, -0.2) is 8.78 Å². The lowest BCUT2D eigenvalue weighted by Crippen LogP contribution is -2.57. The Bertz CT molecular complexity index is 1440. The smallest absolute Gasteiger partial charge is 0.295 e. The van der Waals surface area contributed by atoms with Crippen LogP contribution in [-0.4, -0.2) is 79.4 Å². The zero-order valence-electron chi connectivity index (χ0n) is 26.0. The van der Waals surface area contributed by atoms with E-state index in [0.717, 1.165) is 16.8 Å². The normalized spacial score (nSPS) is 16.4. The fourth-order valence-electron chi connectivity index (χ4n) is 5.17. The SMILES string of the molecule is CC[C@@H](C)C(=O)N[C@H](C(=O)N1CCC[C@H]1CN(CCc1ccc(F)cc1)C(=O)c1nnn(-c2ccc(F)cc2)n1)C(C)(C)C. The summed E-state index contributed by atoms with van der Waals surface area (Å²) in [6.45, 7) is 10.5. The Hall–Kier alpha value is -4.22. The molecule has 12 heteroatoms. The third kappa shape index (κ3) is 8.03. The van der Waals surface area contributed by atoms with Crippen LogP contribution in [0.4, 0.5) is 8.78 Å². The second kappa shape index (κ2) is 14.0. The molecule has 10 nitrogen and oxygen atoms in total. The van der Waals surface area contributed by atoms with E-state index in [1.165, 1.54) is 36.4 Å². The van der Waals surface area contributed by atoms with Crippen LogP contribution in [0.15, 0.2) is 48.5 Å². The van der Waals surface area contributed by atoms with Gasteiger partial charge in [0.2, 0.25) is 11.8 Å². The van der Waals surface area contributed by atoms with Crippen molar-refractivity contribution in [2.45, 2.75) is 72.4 Å². The Morgan fingerprint density at radius 1 is 1.05 bits per heavy atom. The van der Waals surface area contributed by atoms with E-state index in [1.54, 1.807) is 21.9 Å². The first-order valence-electron chi connectivity index (χ1n) is 15.1. The number of halogens is 2. The summed E-state index contributed by atoms with van der Waals surface area (Å²) in [4.78, 5) is 45.1. The van der Waals surface area contributed by atoms with Crippen LogP contribution in [-0.2, 0) is 16.0 Å². The molecule has 0 bridgehead atoms. The molecule has 1 saturated heterocycles. The van der Waals surface area contributed by atoms with Crippen LogP contribution in [0.1, 0.15) is 70.1 Å². The molecule has 0 aliphatic carbocycles. The second-order valence-electron chi connectivity index (χ2n) is 12.5. The van der Waals surface area contributed by atoms with Crippen LogP contribution in [0, 0.1) is 23.0 Å². The number of hydrogen-bond donors (Lipinski definition) is 1. The topological polar surface area (TPSA) is 113 Å². The molecule has 1 fully saturated rings. The molecule has 236 valence electrons. The predicted molar refractivity (Wildman–Crippen MR) is 161 cm³/mol. The molecule has 1 N–H and O–H groups in total. The number of tetrazole rings is 1. The van der Waals surface area contributed by atoms with Crippen molar-refractivity contribution in [1.29, 1.82) is 0 Å². The van der Waals surface area contributed by atoms with Crippen LogP contribution in [0.3, 0.4) is 0 Å². The van der Waals surface area contributed by atoms with Gasteiger partial charge in [-0.2, -0.15) is 0 Å². The summed E-state index contributed by atoms with van der Waals surface area (Å²) in [7, 11) is 0. The molecule has 1 aliphatic heterocycles. The largest absolute Gasteiger partial charge is 0.344 e. The molecule has 1 aromatic heterocycles. The number of rotatable bonds is 11. The molecule has 0 saturated carbocycles. The minimum absolute atomic E-state index is 0.141. The van der Waals surface area contributed by atoms with Gasteiger partial charge in [-0.05, 0) is 78.3 Å². The minimum atomic E-state index is -0.731. The first-order valence-corrected chi connectivity index (χ1v) is 15.1. The van der Waals surface area contributed by atoms with Crippen LogP contribution < -0.4 is 5.32 Å². The standard InChI is InChI=1S/C32H41F2N7O3/c1-6-21(2)29(42)35-27(32(3,4)5)30(43)40-18-7-8-26(40)20-39(19-17-22-9-11-23(33)12-10-22)31(44)28-36-38-41(37-28)25-15-13-24(34)14-16-25/h9-16,21,26-27H,6-8,17-20H2,1-5H3,(H,35,42)/t21-,26+,27-/m1/s1. The summed E-state index contributed by atoms with van der Waals surface area (Å²) < 4.78 is 26.9. The molecule has 3 atom stereocenters. The average molecular weight is 610 g/mol. The van der Waals surface area contributed by atoms with Gasteiger partial charge < -0.3 is 15.1 Å². The second-order valence-corrected chi connectivity index (χ2v) is 12.5. The minimum Gasteiger partial charge on any atom is -0.344 e. The maximum atomic E-state index is 14.0. The van der Waals surface area contributed by atoms with Gasteiger partial charge in [0.25, 0.3) is 11.7 Å². The first kappa shape index (κ1) is 32.7. The zero-order valence-corrected chi connectivity index (χ0v) is 26.0. The van der Waals surface area contributed by atoms with Crippen molar-refractivity contribution in [2.24, 2.45) is 11.3 Å². The molecule has 44 heavy (non-hydrogen) atoms. The van der Waals surface area contributed by atoms with E-state index < -0.39 is 23.2 Å². The van der Waals surface area contributed by atoms with Crippen LogP contribution >= 0.6 is 0 Å². The fraction of sp³-hybridized carbons (Fsp3) is 0.500. The lowest BCUT2D eigenvalue weighted by molar-refractivity contribution is -0.141. The summed E-state index contributed by atoms with van der Waals surface area (Å²) in [5, 5.41) is 15.2. The molecular weight excluding hydrogens is 568 g/mol. The molecule has 1 aliphatic rings. The van der Waals surface area contributed by atoms with Crippen LogP contribution in [0.5, 0.6) is 0 Å². The van der Waals surface area contributed by atoms with Gasteiger partial charge in [0, 0.05) is 31.6 Å². The molecule has 2 heterocycles. The number of amides is 3. The Balaban J connectivity index is 1.56. The monoisotopic (exact) mass is 609 g/mol. The first-order chi connectivity index (χ1) is 20.9. The molecule has 0 spiro atoms. The third-order valence-electron chi connectivity index (χ3n) is 8.08. The van der Waals surface area contributed by atoms with Gasteiger partial charge >= 0.3 is 0 Å². The fourth-order valence-corrected chi connectivity index (χ4v) is 5.17. The van der Waals surface area contributed by atoms with Crippen LogP contribution in [0.2, 0.25) is 0 Å². The number of nitrogens with zero attached hydrogens (tertiary/aromatic N) is 6. The Morgan fingerprint density at radius 2 is 1.68 bits per heavy atom. The molecule has 0 radical (unpaired) electrons. The van der Waals surface area contributed by atoms with E-state index in [-0.39, 0.29) is 48.5 Å². The van der Waals surface area contributed by atoms with Crippen molar-refractivity contribution in [2.75, 3.05) is 19.6 Å². The highest BCUT2D eigenvalue weighted by atomic mass is 19.1. The number of hydrogen-bond acceptors (Lipinski definition) is 6. The van der Waals surface area contributed by atoms with Crippen molar-refractivity contribution in [3.63, 3.8) is 0 Å². The summed E-state index contributed by atoms with van der Waals surface area (Å²) in [5.74, 6) is -1.95. The van der Waals surface area contributed by atoms with E-state index >= 15 is 0 Å². The number of benzene rings is 2. The van der Waals surface area contributed by atoms with E-state index in [1.807, 2.05) is 34.6 Å². The van der Waals surface area contributed by atoms with Crippen molar-refractivity contribution in [1.82, 2.24) is 35.3 Å². The van der Waals surface area contributed by atoms with Gasteiger partial charge in [0.15, 0.2) is 0 Å². The van der Waals surface area contributed by atoms with Gasteiger partial charge in [-0.1, -0.05) is 46.8 Å². The highest BCUT2D eigenvalue weighted by Gasteiger charge is 2.41. The van der Waals surface area contributed by atoms with Crippen molar-refractivity contribution < 1.29 is 23.2 Å². The van der Waals surface area contributed by atoms with Gasteiger partial charge in [0.05, 0.1) is 5.69 Å². The lowest BCUT2D eigenvalue weighted by Gasteiger charge is -2.37. The van der Waals surface area contributed by atoms with E-state index in [9.17, 15) is 23.2 Å². The van der Waals surface area contributed by atoms with Gasteiger partial charge in [0.1, 0.15) is 17.7 Å². The van der Waals surface area contributed by atoms with E-state index in [4.69, 9.17) is 0 Å². The summed E-state index contributed by atoms with van der Waals surface area (Å²) in [6, 6.07) is 10.5. The highest BCUT2D eigenvalue weighted by Crippen LogP contribution is 2.27. The molecular formula is C32H41F2N7O3. The summed E-state index contributed by atoms with van der Waals surface area (Å²) >= 11 is 0. The Morgan fingerprint density at radius 3 is 2.30 bits per heavy atom. The highest BCUT2D eigenvalue weighted by molar-refractivity contribution is 5.91. The van der Waals surface area contributed by atoms with Crippen molar-refractivity contribution in [3.8, 4) is 5.69 Å². The maximum Gasteiger partial charge on any atom is 0.295 e. The van der Waals surface area contributed by atoms with Crippen LogP contribution in [0.25, 0.3) is 5.69 Å². The lowest BCUT2D eigenvalue weighted by atomic mass is 9.85. The molecule has 0 unspecified atom stereocenters. The predicted octanol–water partition coefficient (Wildman–Crippen LogP) is 4.19. The van der Waals surface area contributed by atoms with Gasteiger partial charge in [-0.15, -0.1) is 15.0 Å². The zero-order chi connectivity index (χ0) is 32.0. The number of nitrogens with one attached hydrogen (secondary N) is 1. The number of likely N-dealkylation sites (tertiary alicyclic amines) is 1. The Labute approximate surface area is 256 Å². The molecule has 4 rings (SSSR count). The number of carbonyl (C=O) groups excluding carboxylic acids is 3. The summed E-state index contributed by atoms with van der Waals surface area (Å²) in [6.07, 6.45) is 2.53. The molecule has 2 aromatic carbocycles.